The number of hydrogen-bond donors (Lipinski definition) is 2. The van der Waals surface area contributed by atoms with Gasteiger partial charge < -0.3 is 5.73 Å². The summed E-state index contributed by atoms with van der Waals surface area (Å²) in [6.45, 7) is 2.21. The van der Waals surface area contributed by atoms with Crippen molar-refractivity contribution >= 4 is 10.0 Å². The van der Waals surface area contributed by atoms with Crippen LogP contribution in [0.4, 0.5) is 0 Å². The molecule has 120 valence electrons. The summed E-state index contributed by atoms with van der Waals surface area (Å²) >= 11 is 0. The number of unbranched alkanes of at least 4 members (excludes halogenated alkanes) is 5. The molecule has 0 bridgehead atoms. The first-order valence-electron chi connectivity index (χ1n) is 7.81. The SMILES string of the molecule is CCCCCCCC[C@@H](N)Cc1ccccc1S(N)(=O)=O. The molecule has 0 aromatic heterocycles. The third kappa shape index (κ3) is 7.07. The smallest absolute Gasteiger partial charge is 0.238 e. The van der Waals surface area contributed by atoms with Crippen molar-refractivity contribution in [1.29, 1.82) is 0 Å². The standard InChI is InChI=1S/C16H28N2O2S/c1-2-3-4-5-6-7-11-15(17)13-14-10-8-9-12-16(14)21(18,19)20/h8-10,12,15H,2-7,11,13,17H2,1H3,(H2,18,19,20)/t15-/m1/s1. The van der Waals surface area contributed by atoms with Gasteiger partial charge in [-0.25, -0.2) is 13.6 Å². The molecule has 0 spiro atoms. The Labute approximate surface area is 129 Å². The van der Waals surface area contributed by atoms with E-state index in [2.05, 4.69) is 6.92 Å². The Hall–Kier alpha value is -0.910. The largest absolute Gasteiger partial charge is 0.327 e. The van der Waals surface area contributed by atoms with Gasteiger partial charge in [0.25, 0.3) is 0 Å². The molecule has 0 aliphatic carbocycles. The lowest BCUT2D eigenvalue weighted by Crippen LogP contribution is -2.24. The molecular weight excluding hydrogens is 284 g/mol. The van der Waals surface area contributed by atoms with Crippen molar-refractivity contribution in [3.63, 3.8) is 0 Å². The van der Waals surface area contributed by atoms with Gasteiger partial charge in [0.15, 0.2) is 0 Å². The molecule has 0 unspecified atom stereocenters. The van der Waals surface area contributed by atoms with E-state index in [9.17, 15) is 8.42 Å². The zero-order valence-corrected chi connectivity index (χ0v) is 13.7. The highest BCUT2D eigenvalue weighted by atomic mass is 32.2. The van der Waals surface area contributed by atoms with Gasteiger partial charge in [-0.15, -0.1) is 0 Å². The van der Waals surface area contributed by atoms with Crippen LogP contribution in [0.2, 0.25) is 0 Å². The number of rotatable bonds is 10. The van der Waals surface area contributed by atoms with E-state index in [0.717, 1.165) is 18.4 Å². The van der Waals surface area contributed by atoms with E-state index in [1.165, 1.54) is 32.1 Å². The lowest BCUT2D eigenvalue weighted by atomic mass is 10.0. The van der Waals surface area contributed by atoms with E-state index in [1.807, 2.05) is 6.07 Å². The van der Waals surface area contributed by atoms with E-state index < -0.39 is 10.0 Å². The Morgan fingerprint density at radius 3 is 2.33 bits per heavy atom. The van der Waals surface area contributed by atoms with E-state index in [4.69, 9.17) is 10.9 Å². The summed E-state index contributed by atoms with van der Waals surface area (Å²) in [5, 5.41) is 5.23. The number of benzene rings is 1. The minimum absolute atomic E-state index is 0.0147. The summed E-state index contributed by atoms with van der Waals surface area (Å²) in [4.78, 5) is 0.198. The average Bonchev–Trinajstić information content (AvgIpc) is 2.42. The van der Waals surface area contributed by atoms with Gasteiger partial charge in [0, 0.05) is 6.04 Å². The highest BCUT2D eigenvalue weighted by molar-refractivity contribution is 7.89. The predicted molar refractivity (Wildman–Crippen MR) is 87.5 cm³/mol. The molecular formula is C16H28N2O2S. The summed E-state index contributed by atoms with van der Waals surface area (Å²) in [6.07, 6.45) is 8.88. The van der Waals surface area contributed by atoms with Gasteiger partial charge in [-0.3, -0.25) is 0 Å². The van der Waals surface area contributed by atoms with Crippen LogP contribution in [-0.2, 0) is 16.4 Å². The van der Waals surface area contributed by atoms with Crippen molar-refractivity contribution < 1.29 is 8.42 Å². The predicted octanol–water partition coefficient (Wildman–Crippen LogP) is 2.95. The third-order valence-corrected chi connectivity index (χ3v) is 4.70. The molecule has 0 aliphatic rings. The minimum Gasteiger partial charge on any atom is -0.327 e. The molecule has 1 aromatic carbocycles. The third-order valence-electron chi connectivity index (χ3n) is 3.69. The van der Waals surface area contributed by atoms with Crippen LogP contribution in [0.25, 0.3) is 0 Å². The van der Waals surface area contributed by atoms with Crippen molar-refractivity contribution in [2.75, 3.05) is 0 Å². The Kier molecular flexibility index (Phi) is 7.93. The molecule has 21 heavy (non-hydrogen) atoms. The van der Waals surface area contributed by atoms with Crippen molar-refractivity contribution in [2.45, 2.75) is 69.2 Å². The second-order valence-corrected chi connectivity index (χ2v) is 7.20. The first-order valence-corrected chi connectivity index (χ1v) is 9.36. The van der Waals surface area contributed by atoms with Gasteiger partial charge in [-0.05, 0) is 24.5 Å². The Bertz CT molecular complexity index is 515. The van der Waals surface area contributed by atoms with Crippen LogP contribution in [-0.4, -0.2) is 14.5 Å². The maximum Gasteiger partial charge on any atom is 0.238 e. The highest BCUT2D eigenvalue weighted by Gasteiger charge is 2.15. The van der Waals surface area contributed by atoms with E-state index >= 15 is 0 Å². The summed E-state index contributed by atoms with van der Waals surface area (Å²) < 4.78 is 23.1. The van der Waals surface area contributed by atoms with Gasteiger partial charge in [0.05, 0.1) is 4.90 Å². The number of hydrogen-bond acceptors (Lipinski definition) is 3. The molecule has 4 nitrogen and oxygen atoms in total. The minimum atomic E-state index is -3.67. The molecule has 0 radical (unpaired) electrons. The molecule has 0 saturated carbocycles. The summed E-state index contributed by atoms with van der Waals surface area (Å²) in [7, 11) is -3.67. The lowest BCUT2D eigenvalue weighted by molar-refractivity contribution is 0.530. The van der Waals surface area contributed by atoms with Gasteiger partial charge >= 0.3 is 0 Å². The van der Waals surface area contributed by atoms with E-state index in [-0.39, 0.29) is 10.9 Å². The Morgan fingerprint density at radius 1 is 1.05 bits per heavy atom. The van der Waals surface area contributed by atoms with E-state index in [1.54, 1.807) is 18.2 Å². The van der Waals surface area contributed by atoms with Gasteiger partial charge in [-0.1, -0.05) is 63.6 Å². The van der Waals surface area contributed by atoms with Crippen LogP contribution >= 0.6 is 0 Å². The molecule has 0 aliphatic heterocycles. The molecule has 0 heterocycles. The number of primary sulfonamides is 1. The summed E-state index contributed by atoms with van der Waals surface area (Å²) in [5.74, 6) is 0. The Balaban J connectivity index is 2.43. The Morgan fingerprint density at radius 2 is 1.67 bits per heavy atom. The topological polar surface area (TPSA) is 86.2 Å². The second kappa shape index (κ2) is 9.18. The molecule has 5 heteroatoms. The second-order valence-electron chi connectivity index (χ2n) is 5.67. The molecule has 1 aromatic rings. The van der Waals surface area contributed by atoms with Crippen LogP contribution in [0.1, 0.15) is 57.4 Å². The fraction of sp³-hybridized carbons (Fsp3) is 0.625. The first-order chi connectivity index (χ1) is 9.95. The fourth-order valence-electron chi connectivity index (χ4n) is 2.52. The summed E-state index contributed by atoms with van der Waals surface area (Å²) in [5.41, 5.74) is 6.84. The average molecular weight is 312 g/mol. The highest BCUT2D eigenvalue weighted by Crippen LogP contribution is 2.17. The van der Waals surface area contributed by atoms with Gasteiger partial charge in [-0.2, -0.15) is 0 Å². The molecule has 0 saturated heterocycles. The number of sulfonamides is 1. The van der Waals surface area contributed by atoms with Crippen molar-refractivity contribution in [3.05, 3.63) is 29.8 Å². The maximum atomic E-state index is 11.5. The van der Waals surface area contributed by atoms with Crippen LogP contribution in [0.15, 0.2) is 29.2 Å². The quantitative estimate of drug-likeness (QED) is 0.651. The molecule has 0 amide bonds. The lowest BCUT2D eigenvalue weighted by Gasteiger charge is -2.14. The first kappa shape index (κ1) is 18.1. The van der Waals surface area contributed by atoms with E-state index in [0.29, 0.717) is 6.42 Å². The molecule has 4 N–H and O–H groups in total. The van der Waals surface area contributed by atoms with Crippen molar-refractivity contribution in [2.24, 2.45) is 10.9 Å². The molecule has 0 fully saturated rings. The van der Waals surface area contributed by atoms with Crippen molar-refractivity contribution in [1.82, 2.24) is 0 Å². The zero-order valence-electron chi connectivity index (χ0n) is 12.9. The monoisotopic (exact) mass is 312 g/mol. The molecule has 1 rings (SSSR count). The summed E-state index contributed by atoms with van der Waals surface area (Å²) in [6, 6.07) is 6.83. The maximum absolute atomic E-state index is 11.5. The van der Waals surface area contributed by atoms with Gasteiger partial charge in [0.1, 0.15) is 0 Å². The van der Waals surface area contributed by atoms with Crippen LogP contribution in [0.3, 0.4) is 0 Å². The fourth-order valence-corrected chi connectivity index (χ4v) is 3.31. The van der Waals surface area contributed by atoms with Crippen LogP contribution in [0.5, 0.6) is 0 Å². The van der Waals surface area contributed by atoms with Crippen LogP contribution < -0.4 is 10.9 Å². The van der Waals surface area contributed by atoms with Gasteiger partial charge in [0.2, 0.25) is 10.0 Å². The van der Waals surface area contributed by atoms with Crippen LogP contribution in [0, 0.1) is 0 Å². The zero-order chi connectivity index (χ0) is 15.7. The normalized spacial score (nSPS) is 13.3. The number of nitrogens with two attached hydrogens (primary N) is 2. The molecule has 1 atom stereocenters. The van der Waals surface area contributed by atoms with Crippen molar-refractivity contribution in [3.8, 4) is 0 Å².